The summed E-state index contributed by atoms with van der Waals surface area (Å²) in [4.78, 5) is 0. The number of likely N-dealkylation sites (N-methyl/N-ethyl adjacent to an activating group) is 1. The molecule has 0 radical (unpaired) electrons. The van der Waals surface area contributed by atoms with Crippen LogP contribution in [0.2, 0.25) is 0 Å². The van der Waals surface area contributed by atoms with Crippen molar-refractivity contribution in [2.75, 3.05) is 27.2 Å². The van der Waals surface area contributed by atoms with Crippen molar-refractivity contribution >= 4 is 0 Å². The molecule has 0 saturated carbocycles. The Balaban J connectivity index is 0. The first-order valence-electron chi connectivity index (χ1n) is 5.55. The topological polar surface area (TPSA) is 0 Å². The largest absolute Gasteiger partial charge is 1.00 e. The first kappa shape index (κ1) is 16.6. The molecule has 14 heavy (non-hydrogen) atoms. The molecule has 0 atom stereocenters. The molecule has 0 aromatic rings. The fourth-order valence-corrected chi connectivity index (χ4v) is 1.58. The minimum Gasteiger partial charge on any atom is -1.00 e. The molecule has 0 N–H and O–H groups in total. The van der Waals surface area contributed by atoms with Crippen LogP contribution in [0, 0.1) is 0 Å². The Morgan fingerprint density at radius 2 is 1.64 bits per heavy atom. The highest BCUT2D eigenvalue weighted by atomic mass is 79.9. The number of hydrogen-bond donors (Lipinski definition) is 0. The molecule has 0 aliphatic heterocycles. The summed E-state index contributed by atoms with van der Waals surface area (Å²) in [5, 5.41) is 0. The van der Waals surface area contributed by atoms with Gasteiger partial charge in [-0.15, -0.1) is 0 Å². The van der Waals surface area contributed by atoms with Gasteiger partial charge < -0.3 is 21.5 Å². The minimum atomic E-state index is 0. The van der Waals surface area contributed by atoms with Gasteiger partial charge in [0.05, 0.1) is 27.2 Å². The van der Waals surface area contributed by atoms with Crippen molar-refractivity contribution in [2.24, 2.45) is 0 Å². The van der Waals surface area contributed by atoms with E-state index in [0.29, 0.717) is 0 Å². The van der Waals surface area contributed by atoms with E-state index in [-0.39, 0.29) is 17.0 Å². The maximum absolute atomic E-state index is 3.79. The molecule has 0 heterocycles. The summed E-state index contributed by atoms with van der Waals surface area (Å²) in [6.45, 7) is 8.43. The third kappa shape index (κ3) is 10.3. The zero-order valence-corrected chi connectivity index (χ0v) is 11.6. The molecule has 0 saturated heterocycles. The van der Waals surface area contributed by atoms with E-state index in [2.05, 4.69) is 27.6 Å². The van der Waals surface area contributed by atoms with Crippen LogP contribution in [0.5, 0.6) is 0 Å². The lowest BCUT2D eigenvalue weighted by molar-refractivity contribution is -0.884. The van der Waals surface area contributed by atoms with Crippen LogP contribution in [-0.2, 0) is 0 Å². The van der Waals surface area contributed by atoms with Crippen molar-refractivity contribution in [1.29, 1.82) is 0 Å². The summed E-state index contributed by atoms with van der Waals surface area (Å²) in [6.07, 6.45) is 8.92. The molecule has 0 bridgehead atoms. The van der Waals surface area contributed by atoms with E-state index in [9.17, 15) is 0 Å². The van der Waals surface area contributed by atoms with Gasteiger partial charge in [0.2, 0.25) is 0 Å². The van der Waals surface area contributed by atoms with E-state index in [1.54, 1.807) is 0 Å². The third-order valence-electron chi connectivity index (χ3n) is 2.49. The van der Waals surface area contributed by atoms with E-state index in [0.717, 1.165) is 11.0 Å². The van der Waals surface area contributed by atoms with Crippen molar-refractivity contribution in [2.45, 2.75) is 39.0 Å². The molecule has 1 nitrogen and oxygen atoms in total. The molecule has 0 unspecified atom stereocenters. The summed E-state index contributed by atoms with van der Waals surface area (Å²) in [7, 11) is 4.56. The van der Waals surface area contributed by atoms with Crippen molar-refractivity contribution in [3.8, 4) is 0 Å². The molecule has 0 fully saturated rings. The second kappa shape index (κ2) is 9.72. The smallest absolute Gasteiger partial charge is 0.0966 e. The fourth-order valence-electron chi connectivity index (χ4n) is 1.58. The van der Waals surface area contributed by atoms with Gasteiger partial charge in [0.1, 0.15) is 0 Å². The highest BCUT2D eigenvalue weighted by molar-refractivity contribution is 4.64. The second-order valence-corrected chi connectivity index (χ2v) is 4.54. The van der Waals surface area contributed by atoms with E-state index in [4.69, 9.17) is 0 Å². The van der Waals surface area contributed by atoms with Gasteiger partial charge in [-0.3, -0.25) is 0 Å². The molecule has 86 valence electrons. The van der Waals surface area contributed by atoms with Gasteiger partial charge in [0, 0.05) is 0 Å². The van der Waals surface area contributed by atoms with E-state index >= 15 is 0 Å². The van der Waals surface area contributed by atoms with Crippen LogP contribution in [0.1, 0.15) is 39.0 Å². The molecular weight excluding hydrogens is 238 g/mol. The molecule has 0 rings (SSSR count). The van der Waals surface area contributed by atoms with Crippen molar-refractivity contribution < 1.29 is 21.5 Å². The Morgan fingerprint density at radius 1 is 1.07 bits per heavy atom. The SMILES string of the molecule is C=CC[N+](C)(C)CCCCCCC.[Br-]. The Bertz CT molecular complexity index is 132. The minimum absolute atomic E-state index is 0. The van der Waals surface area contributed by atoms with E-state index < -0.39 is 0 Å². The van der Waals surface area contributed by atoms with Crippen LogP contribution >= 0.6 is 0 Å². The van der Waals surface area contributed by atoms with Gasteiger partial charge in [-0.05, 0) is 18.9 Å². The highest BCUT2D eigenvalue weighted by Crippen LogP contribution is 2.06. The second-order valence-electron chi connectivity index (χ2n) is 4.54. The Labute approximate surface area is 101 Å². The average Bonchev–Trinajstić information content (AvgIpc) is 2.04. The van der Waals surface area contributed by atoms with Gasteiger partial charge in [-0.1, -0.05) is 32.8 Å². The zero-order chi connectivity index (χ0) is 10.2. The summed E-state index contributed by atoms with van der Waals surface area (Å²) in [5.41, 5.74) is 0. The van der Waals surface area contributed by atoms with E-state index in [1.165, 1.54) is 38.6 Å². The van der Waals surface area contributed by atoms with Gasteiger partial charge in [0.15, 0.2) is 0 Å². The van der Waals surface area contributed by atoms with Gasteiger partial charge in [-0.25, -0.2) is 0 Å². The van der Waals surface area contributed by atoms with Crippen LogP contribution in [-0.4, -0.2) is 31.7 Å². The normalized spacial score (nSPS) is 10.8. The molecule has 0 aliphatic carbocycles. The van der Waals surface area contributed by atoms with Crippen molar-refractivity contribution in [3.05, 3.63) is 12.7 Å². The fraction of sp³-hybridized carbons (Fsp3) is 0.833. The predicted octanol–water partition coefficient (Wildman–Crippen LogP) is 0.223. The van der Waals surface area contributed by atoms with Gasteiger partial charge >= 0.3 is 0 Å². The quantitative estimate of drug-likeness (QED) is 0.334. The third-order valence-corrected chi connectivity index (χ3v) is 2.49. The lowest BCUT2D eigenvalue weighted by atomic mass is 10.1. The Kier molecular flexibility index (Phi) is 11.5. The Hall–Kier alpha value is 0.180. The van der Waals surface area contributed by atoms with E-state index in [1.807, 2.05) is 6.08 Å². The number of halogens is 1. The number of unbranched alkanes of at least 4 members (excludes halogenated alkanes) is 4. The van der Waals surface area contributed by atoms with Crippen LogP contribution < -0.4 is 17.0 Å². The molecule has 0 amide bonds. The first-order chi connectivity index (χ1) is 6.12. The van der Waals surface area contributed by atoms with Crippen molar-refractivity contribution in [3.63, 3.8) is 0 Å². The van der Waals surface area contributed by atoms with Crippen LogP contribution in [0.3, 0.4) is 0 Å². The van der Waals surface area contributed by atoms with Crippen LogP contribution in [0.4, 0.5) is 0 Å². The maximum Gasteiger partial charge on any atom is 0.0966 e. The monoisotopic (exact) mass is 263 g/mol. The summed E-state index contributed by atoms with van der Waals surface area (Å²) in [5.74, 6) is 0. The summed E-state index contributed by atoms with van der Waals surface area (Å²) < 4.78 is 1.09. The molecule has 0 aromatic heterocycles. The first-order valence-corrected chi connectivity index (χ1v) is 5.55. The summed E-state index contributed by atoms with van der Waals surface area (Å²) >= 11 is 0. The molecule has 0 aromatic carbocycles. The average molecular weight is 264 g/mol. The standard InChI is InChI=1S/C12H26N.BrH/c1-5-7-8-9-10-12-13(3,4)11-6-2;/h6H,2,5,7-12H2,1,3-4H3;1H/q+1;/p-1. The number of rotatable bonds is 8. The predicted molar refractivity (Wildman–Crippen MR) is 60.8 cm³/mol. The van der Waals surface area contributed by atoms with Crippen LogP contribution in [0.25, 0.3) is 0 Å². The number of nitrogens with zero attached hydrogens (tertiary/aromatic N) is 1. The van der Waals surface area contributed by atoms with Gasteiger partial charge in [-0.2, -0.15) is 0 Å². The van der Waals surface area contributed by atoms with Crippen molar-refractivity contribution in [1.82, 2.24) is 0 Å². The lowest BCUT2D eigenvalue weighted by Gasteiger charge is -2.28. The summed E-state index contributed by atoms with van der Waals surface area (Å²) in [6, 6.07) is 0. The molecule has 2 heteroatoms. The molecule has 0 spiro atoms. The molecule has 0 aliphatic rings. The highest BCUT2D eigenvalue weighted by Gasteiger charge is 2.10. The van der Waals surface area contributed by atoms with Crippen LogP contribution in [0.15, 0.2) is 12.7 Å². The maximum atomic E-state index is 3.79. The van der Waals surface area contributed by atoms with Gasteiger partial charge in [0.25, 0.3) is 0 Å². The Morgan fingerprint density at radius 3 is 2.14 bits per heavy atom. The number of hydrogen-bond acceptors (Lipinski definition) is 0. The lowest BCUT2D eigenvalue weighted by Crippen LogP contribution is -3.00. The molecular formula is C12H26BrN. The zero-order valence-electron chi connectivity index (χ0n) is 10.1. The number of quaternary nitrogens is 1.